The summed E-state index contributed by atoms with van der Waals surface area (Å²) in [4.78, 5) is 11.4. The zero-order valence-electron chi connectivity index (χ0n) is 11.0. The van der Waals surface area contributed by atoms with Gasteiger partial charge in [0.2, 0.25) is 0 Å². The summed E-state index contributed by atoms with van der Waals surface area (Å²) in [5.41, 5.74) is 1.18. The Labute approximate surface area is 108 Å². The molecule has 1 rings (SSSR count). The highest BCUT2D eigenvalue weighted by atomic mass is 16.5. The number of aryl methyl sites for hydroxylation is 1. The fourth-order valence-corrected chi connectivity index (χ4v) is 1.48. The normalized spacial score (nSPS) is 11.9. The van der Waals surface area contributed by atoms with Crippen LogP contribution in [0, 0.1) is 0 Å². The lowest BCUT2D eigenvalue weighted by molar-refractivity contribution is -0.123. The van der Waals surface area contributed by atoms with Crippen LogP contribution in [0.5, 0.6) is 5.75 Å². The number of aliphatic hydroxyl groups is 1. The van der Waals surface area contributed by atoms with E-state index in [9.17, 15) is 4.79 Å². The van der Waals surface area contributed by atoms with Gasteiger partial charge < -0.3 is 15.2 Å². The highest BCUT2D eigenvalue weighted by Crippen LogP contribution is 2.13. The number of carbonyl (C=O) groups excluding carboxylic acids is 1. The topological polar surface area (TPSA) is 58.6 Å². The van der Waals surface area contributed by atoms with Crippen LogP contribution in [0.2, 0.25) is 0 Å². The molecule has 0 aliphatic carbocycles. The summed E-state index contributed by atoms with van der Waals surface area (Å²) < 4.78 is 5.39. The molecule has 2 N–H and O–H groups in total. The van der Waals surface area contributed by atoms with E-state index < -0.39 is 6.10 Å². The number of nitrogens with one attached hydrogen (secondary N) is 1. The van der Waals surface area contributed by atoms with Gasteiger partial charge in [0.05, 0.1) is 6.10 Å². The van der Waals surface area contributed by atoms with Crippen molar-refractivity contribution in [2.24, 2.45) is 0 Å². The fraction of sp³-hybridized carbons (Fsp3) is 0.500. The van der Waals surface area contributed by atoms with E-state index in [4.69, 9.17) is 9.84 Å². The quantitative estimate of drug-likeness (QED) is 0.772. The third-order valence-electron chi connectivity index (χ3n) is 2.56. The van der Waals surface area contributed by atoms with Gasteiger partial charge in [-0.25, -0.2) is 0 Å². The van der Waals surface area contributed by atoms with Gasteiger partial charge in [0.1, 0.15) is 5.75 Å². The van der Waals surface area contributed by atoms with E-state index in [2.05, 4.69) is 12.2 Å². The largest absolute Gasteiger partial charge is 0.484 e. The molecule has 1 atom stereocenters. The van der Waals surface area contributed by atoms with E-state index in [1.807, 2.05) is 24.3 Å². The highest BCUT2D eigenvalue weighted by molar-refractivity contribution is 5.77. The molecule has 0 spiro atoms. The van der Waals surface area contributed by atoms with Gasteiger partial charge in [0.15, 0.2) is 6.61 Å². The monoisotopic (exact) mass is 251 g/mol. The zero-order chi connectivity index (χ0) is 13.4. The Morgan fingerprint density at radius 1 is 1.50 bits per heavy atom. The number of benzene rings is 1. The van der Waals surface area contributed by atoms with E-state index in [-0.39, 0.29) is 12.5 Å². The molecule has 1 aromatic carbocycles. The van der Waals surface area contributed by atoms with E-state index in [1.165, 1.54) is 5.56 Å². The maximum atomic E-state index is 11.4. The Bertz CT molecular complexity index is 377. The van der Waals surface area contributed by atoms with Crippen molar-refractivity contribution in [2.75, 3.05) is 13.2 Å². The Balaban J connectivity index is 2.29. The van der Waals surface area contributed by atoms with Gasteiger partial charge in [-0.2, -0.15) is 0 Å². The zero-order valence-corrected chi connectivity index (χ0v) is 11.0. The number of hydrogen-bond acceptors (Lipinski definition) is 3. The first-order chi connectivity index (χ1) is 8.61. The molecule has 4 heteroatoms. The number of rotatable bonds is 7. The lowest BCUT2D eigenvalue weighted by Crippen LogP contribution is -2.31. The third kappa shape index (κ3) is 5.68. The fourth-order valence-electron chi connectivity index (χ4n) is 1.48. The molecule has 0 fully saturated rings. The van der Waals surface area contributed by atoms with Crippen molar-refractivity contribution in [1.29, 1.82) is 0 Å². The second-order valence-electron chi connectivity index (χ2n) is 4.28. The lowest BCUT2D eigenvalue weighted by Gasteiger charge is -2.09. The van der Waals surface area contributed by atoms with Gasteiger partial charge in [0.25, 0.3) is 5.91 Å². The number of amides is 1. The van der Waals surface area contributed by atoms with E-state index >= 15 is 0 Å². The van der Waals surface area contributed by atoms with Crippen LogP contribution in [0.25, 0.3) is 0 Å². The first-order valence-electron chi connectivity index (χ1n) is 6.28. The van der Waals surface area contributed by atoms with Crippen molar-refractivity contribution in [3.8, 4) is 5.75 Å². The molecule has 0 heterocycles. The van der Waals surface area contributed by atoms with Crippen LogP contribution in [0.1, 0.15) is 25.8 Å². The minimum absolute atomic E-state index is 0.00692. The van der Waals surface area contributed by atoms with Gasteiger partial charge in [-0.05, 0) is 37.5 Å². The minimum atomic E-state index is -0.396. The standard InChI is InChI=1S/C14H21NO3/c1-3-12-5-4-6-13(9-12)18-10-14(17)15-8-7-11(2)16/h4-6,9,11,16H,3,7-8,10H2,1-2H3,(H,15,17). The summed E-state index contributed by atoms with van der Waals surface area (Å²) in [7, 11) is 0. The molecule has 0 saturated carbocycles. The molecule has 1 aromatic rings. The molecule has 0 radical (unpaired) electrons. The van der Waals surface area contributed by atoms with Crippen molar-refractivity contribution < 1.29 is 14.6 Å². The summed E-state index contributed by atoms with van der Waals surface area (Å²) >= 11 is 0. The molecular formula is C14H21NO3. The van der Waals surface area contributed by atoms with Gasteiger partial charge in [-0.3, -0.25) is 4.79 Å². The van der Waals surface area contributed by atoms with Crippen molar-refractivity contribution in [2.45, 2.75) is 32.8 Å². The van der Waals surface area contributed by atoms with E-state index in [0.717, 1.165) is 6.42 Å². The summed E-state index contributed by atoms with van der Waals surface area (Å²) in [6.45, 7) is 4.24. The smallest absolute Gasteiger partial charge is 0.257 e. The second kappa shape index (κ2) is 7.71. The summed E-state index contributed by atoms with van der Waals surface area (Å²) in [6, 6.07) is 7.71. The average Bonchev–Trinajstić information content (AvgIpc) is 2.36. The number of ether oxygens (including phenoxy) is 1. The van der Waals surface area contributed by atoms with Gasteiger partial charge in [0, 0.05) is 6.54 Å². The molecular weight excluding hydrogens is 230 g/mol. The van der Waals surface area contributed by atoms with E-state index in [0.29, 0.717) is 18.7 Å². The van der Waals surface area contributed by atoms with Gasteiger partial charge in [-0.1, -0.05) is 19.1 Å². The molecule has 4 nitrogen and oxygen atoms in total. The predicted molar refractivity (Wildman–Crippen MR) is 70.6 cm³/mol. The Hall–Kier alpha value is -1.55. The molecule has 0 saturated heterocycles. The van der Waals surface area contributed by atoms with Crippen LogP contribution >= 0.6 is 0 Å². The molecule has 1 unspecified atom stereocenters. The summed E-state index contributed by atoms with van der Waals surface area (Å²) in [5.74, 6) is 0.539. The number of hydrogen-bond donors (Lipinski definition) is 2. The predicted octanol–water partition coefficient (Wildman–Crippen LogP) is 1.51. The highest BCUT2D eigenvalue weighted by Gasteiger charge is 2.03. The Morgan fingerprint density at radius 3 is 2.94 bits per heavy atom. The number of carbonyl (C=O) groups is 1. The maximum Gasteiger partial charge on any atom is 0.257 e. The summed E-state index contributed by atoms with van der Waals surface area (Å²) in [5, 5.41) is 11.7. The molecule has 1 amide bonds. The van der Waals surface area contributed by atoms with Crippen molar-refractivity contribution in [1.82, 2.24) is 5.32 Å². The molecule has 100 valence electrons. The average molecular weight is 251 g/mol. The molecule has 0 aliphatic rings. The van der Waals surface area contributed by atoms with Crippen molar-refractivity contribution in [3.05, 3.63) is 29.8 Å². The third-order valence-corrected chi connectivity index (χ3v) is 2.56. The van der Waals surface area contributed by atoms with Crippen molar-refractivity contribution >= 4 is 5.91 Å². The Kier molecular flexibility index (Phi) is 6.22. The van der Waals surface area contributed by atoms with Gasteiger partial charge >= 0.3 is 0 Å². The molecule has 0 aromatic heterocycles. The van der Waals surface area contributed by atoms with Crippen LogP contribution in [0.4, 0.5) is 0 Å². The number of aliphatic hydroxyl groups excluding tert-OH is 1. The minimum Gasteiger partial charge on any atom is -0.484 e. The van der Waals surface area contributed by atoms with Crippen molar-refractivity contribution in [3.63, 3.8) is 0 Å². The second-order valence-corrected chi connectivity index (χ2v) is 4.28. The summed E-state index contributed by atoms with van der Waals surface area (Å²) in [6.07, 6.45) is 1.10. The maximum absolute atomic E-state index is 11.4. The van der Waals surface area contributed by atoms with Crippen LogP contribution in [0.3, 0.4) is 0 Å². The molecule has 18 heavy (non-hydrogen) atoms. The first-order valence-corrected chi connectivity index (χ1v) is 6.28. The van der Waals surface area contributed by atoms with Crippen LogP contribution < -0.4 is 10.1 Å². The van der Waals surface area contributed by atoms with Crippen LogP contribution in [-0.4, -0.2) is 30.3 Å². The van der Waals surface area contributed by atoms with Gasteiger partial charge in [-0.15, -0.1) is 0 Å². The lowest BCUT2D eigenvalue weighted by atomic mass is 10.2. The van der Waals surface area contributed by atoms with Crippen LogP contribution in [-0.2, 0) is 11.2 Å². The molecule has 0 aliphatic heterocycles. The van der Waals surface area contributed by atoms with E-state index in [1.54, 1.807) is 6.92 Å². The molecule has 0 bridgehead atoms. The first kappa shape index (κ1) is 14.5. The Morgan fingerprint density at radius 2 is 2.28 bits per heavy atom. The van der Waals surface area contributed by atoms with Crippen LogP contribution in [0.15, 0.2) is 24.3 Å². The SMILES string of the molecule is CCc1cccc(OCC(=O)NCCC(C)O)c1.